The maximum Gasteiger partial charge on any atom is 0.225 e. The van der Waals surface area contributed by atoms with Crippen LogP contribution in [0.4, 0.5) is 5.69 Å². The molecule has 1 N–H and O–H groups in total. The molecular formula is C16H20ClNO3. The summed E-state index contributed by atoms with van der Waals surface area (Å²) in [6.45, 7) is 0.847. The summed E-state index contributed by atoms with van der Waals surface area (Å²) >= 11 is 6.13. The highest BCUT2D eigenvalue weighted by molar-refractivity contribution is 6.32. The molecule has 1 aliphatic carbocycles. The van der Waals surface area contributed by atoms with Crippen LogP contribution in [-0.2, 0) is 9.53 Å². The second kappa shape index (κ2) is 8.05. The summed E-state index contributed by atoms with van der Waals surface area (Å²) in [4.78, 5) is 12.1. The Bertz CT molecular complexity index is 516. The van der Waals surface area contributed by atoms with E-state index in [-0.39, 0.29) is 5.91 Å². The molecule has 1 amide bonds. The van der Waals surface area contributed by atoms with E-state index in [2.05, 4.69) is 17.5 Å². The normalized spacial score (nSPS) is 17.0. The number of anilines is 1. The van der Waals surface area contributed by atoms with Gasteiger partial charge in [0.25, 0.3) is 0 Å². The van der Waals surface area contributed by atoms with Crippen LogP contribution in [0, 0.1) is 5.92 Å². The Morgan fingerprint density at radius 2 is 2.29 bits per heavy atom. The van der Waals surface area contributed by atoms with Gasteiger partial charge in [-0.3, -0.25) is 4.79 Å². The molecule has 1 unspecified atom stereocenters. The molecule has 1 aromatic carbocycles. The molecule has 0 fully saturated rings. The smallest absolute Gasteiger partial charge is 0.225 e. The van der Waals surface area contributed by atoms with E-state index in [1.165, 1.54) is 0 Å². The Kier molecular flexibility index (Phi) is 6.08. The van der Waals surface area contributed by atoms with Crippen LogP contribution >= 0.6 is 11.6 Å². The van der Waals surface area contributed by atoms with Crippen molar-refractivity contribution in [1.82, 2.24) is 0 Å². The second-order valence-corrected chi connectivity index (χ2v) is 5.38. The monoisotopic (exact) mass is 309 g/mol. The van der Waals surface area contributed by atoms with Crippen molar-refractivity contribution in [3.05, 3.63) is 35.4 Å². The fourth-order valence-electron chi connectivity index (χ4n) is 2.29. The SMILES string of the molecule is COCCOc1c(Cl)cccc1NC(=O)CC1C=CCC1. The Labute approximate surface area is 130 Å². The zero-order chi connectivity index (χ0) is 15.1. The lowest BCUT2D eigenvalue weighted by atomic mass is 10.1. The number of para-hydroxylation sites is 1. The van der Waals surface area contributed by atoms with Gasteiger partial charge in [0.15, 0.2) is 5.75 Å². The summed E-state index contributed by atoms with van der Waals surface area (Å²) in [6.07, 6.45) is 6.81. The zero-order valence-electron chi connectivity index (χ0n) is 12.1. The van der Waals surface area contributed by atoms with Gasteiger partial charge < -0.3 is 14.8 Å². The fraction of sp³-hybridized carbons (Fsp3) is 0.438. The van der Waals surface area contributed by atoms with Crippen LogP contribution in [0.1, 0.15) is 19.3 Å². The number of benzene rings is 1. The van der Waals surface area contributed by atoms with Gasteiger partial charge in [0.1, 0.15) is 6.61 Å². The van der Waals surface area contributed by atoms with E-state index in [9.17, 15) is 4.79 Å². The van der Waals surface area contributed by atoms with E-state index in [4.69, 9.17) is 21.1 Å². The van der Waals surface area contributed by atoms with E-state index in [0.717, 1.165) is 12.8 Å². The second-order valence-electron chi connectivity index (χ2n) is 4.98. The predicted octanol–water partition coefficient (Wildman–Crippen LogP) is 3.66. The largest absolute Gasteiger partial charge is 0.487 e. The van der Waals surface area contributed by atoms with E-state index in [1.54, 1.807) is 25.3 Å². The molecule has 0 saturated heterocycles. The van der Waals surface area contributed by atoms with Crippen molar-refractivity contribution < 1.29 is 14.3 Å². The molecule has 5 heteroatoms. The van der Waals surface area contributed by atoms with Gasteiger partial charge in [-0.1, -0.05) is 29.8 Å². The molecule has 0 aromatic heterocycles. The minimum Gasteiger partial charge on any atom is -0.487 e. The van der Waals surface area contributed by atoms with E-state index < -0.39 is 0 Å². The van der Waals surface area contributed by atoms with E-state index >= 15 is 0 Å². The average molecular weight is 310 g/mol. The maximum atomic E-state index is 12.1. The quantitative estimate of drug-likeness (QED) is 0.617. The fourth-order valence-corrected chi connectivity index (χ4v) is 2.51. The molecule has 0 bridgehead atoms. The number of allylic oxidation sites excluding steroid dienone is 2. The molecular weight excluding hydrogens is 290 g/mol. The van der Waals surface area contributed by atoms with Gasteiger partial charge in [-0.15, -0.1) is 0 Å². The Morgan fingerprint density at radius 3 is 3.00 bits per heavy atom. The van der Waals surface area contributed by atoms with Crippen molar-refractivity contribution in [2.24, 2.45) is 5.92 Å². The van der Waals surface area contributed by atoms with Crippen LogP contribution < -0.4 is 10.1 Å². The maximum absolute atomic E-state index is 12.1. The van der Waals surface area contributed by atoms with Gasteiger partial charge in [-0.05, 0) is 30.9 Å². The molecule has 21 heavy (non-hydrogen) atoms. The van der Waals surface area contributed by atoms with Crippen LogP contribution in [0.15, 0.2) is 30.4 Å². The molecule has 114 valence electrons. The molecule has 4 nitrogen and oxygen atoms in total. The summed E-state index contributed by atoms with van der Waals surface area (Å²) < 4.78 is 10.5. The van der Waals surface area contributed by atoms with Crippen molar-refractivity contribution >= 4 is 23.2 Å². The molecule has 0 spiro atoms. The van der Waals surface area contributed by atoms with E-state index in [1.807, 2.05) is 0 Å². The minimum absolute atomic E-state index is 0.0228. The van der Waals surface area contributed by atoms with Crippen LogP contribution in [0.25, 0.3) is 0 Å². The number of methoxy groups -OCH3 is 1. The highest BCUT2D eigenvalue weighted by atomic mass is 35.5. The summed E-state index contributed by atoms with van der Waals surface area (Å²) in [6, 6.07) is 5.31. The number of hydrogen-bond acceptors (Lipinski definition) is 3. The summed E-state index contributed by atoms with van der Waals surface area (Å²) in [5, 5.41) is 3.36. The number of carbonyl (C=O) groups is 1. The summed E-state index contributed by atoms with van der Waals surface area (Å²) in [7, 11) is 1.60. The van der Waals surface area contributed by atoms with Gasteiger partial charge in [-0.2, -0.15) is 0 Å². The van der Waals surface area contributed by atoms with Gasteiger partial charge in [0.05, 0.1) is 17.3 Å². The van der Waals surface area contributed by atoms with Crippen molar-refractivity contribution in [1.29, 1.82) is 0 Å². The van der Waals surface area contributed by atoms with Crippen molar-refractivity contribution in [3.63, 3.8) is 0 Å². The van der Waals surface area contributed by atoms with Crippen molar-refractivity contribution in [2.45, 2.75) is 19.3 Å². The Balaban J connectivity index is 1.99. The molecule has 1 aliphatic rings. The molecule has 0 saturated carbocycles. The van der Waals surface area contributed by atoms with Crippen molar-refractivity contribution in [3.8, 4) is 5.75 Å². The van der Waals surface area contributed by atoms with Crippen LogP contribution in [-0.4, -0.2) is 26.2 Å². The van der Waals surface area contributed by atoms with Crippen LogP contribution in [0.3, 0.4) is 0 Å². The number of rotatable bonds is 7. The van der Waals surface area contributed by atoms with Crippen LogP contribution in [0.5, 0.6) is 5.75 Å². The number of ether oxygens (including phenoxy) is 2. The van der Waals surface area contributed by atoms with Gasteiger partial charge in [-0.25, -0.2) is 0 Å². The standard InChI is InChI=1S/C16H20ClNO3/c1-20-9-10-21-16-13(17)7-4-8-14(16)18-15(19)11-12-5-2-3-6-12/h2,4-5,7-8,12H,3,6,9-11H2,1H3,(H,18,19). The molecule has 2 rings (SSSR count). The van der Waals surface area contributed by atoms with Crippen LogP contribution in [0.2, 0.25) is 5.02 Å². The third-order valence-electron chi connectivity index (χ3n) is 3.33. The Morgan fingerprint density at radius 1 is 1.43 bits per heavy atom. The first-order valence-electron chi connectivity index (χ1n) is 7.07. The molecule has 0 radical (unpaired) electrons. The van der Waals surface area contributed by atoms with Gasteiger partial charge in [0.2, 0.25) is 5.91 Å². The van der Waals surface area contributed by atoms with Gasteiger partial charge in [0, 0.05) is 13.5 Å². The highest BCUT2D eigenvalue weighted by Gasteiger charge is 2.16. The molecule has 0 heterocycles. The number of nitrogens with one attached hydrogen (secondary N) is 1. The number of halogens is 1. The molecule has 1 aromatic rings. The summed E-state index contributed by atoms with van der Waals surface area (Å²) in [5.41, 5.74) is 0.602. The first-order chi connectivity index (χ1) is 10.2. The Hall–Kier alpha value is -1.52. The number of amides is 1. The van der Waals surface area contributed by atoms with E-state index in [0.29, 0.717) is 42.0 Å². The lowest BCUT2D eigenvalue weighted by Crippen LogP contribution is -2.16. The third-order valence-corrected chi connectivity index (χ3v) is 3.63. The number of hydrogen-bond donors (Lipinski definition) is 1. The number of carbonyl (C=O) groups excluding carboxylic acids is 1. The molecule has 1 atom stereocenters. The first-order valence-corrected chi connectivity index (χ1v) is 7.45. The predicted molar refractivity (Wildman–Crippen MR) is 83.9 cm³/mol. The zero-order valence-corrected chi connectivity index (χ0v) is 12.9. The minimum atomic E-state index is -0.0228. The van der Waals surface area contributed by atoms with Gasteiger partial charge >= 0.3 is 0 Å². The first kappa shape index (κ1) is 15.9. The van der Waals surface area contributed by atoms with Crippen molar-refractivity contribution in [2.75, 3.05) is 25.6 Å². The lowest BCUT2D eigenvalue weighted by Gasteiger charge is -2.14. The average Bonchev–Trinajstić information content (AvgIpc) is 2.94. The molecule has 0 aliphatic heterocycles. The highest BCUT2D eigenvalue weighted by Crippen LogP contribution is 2.33. The third kappa shape index (κ3) is 4.76. The summed E-state index contributed by atoms with van der Waals surface area (Å²) in [5.74, 6) is 0.805. The lowest BCUT2D eigenvalue weighted by molar-refractivity contribution is -0.116. The topological polar surface area (TPSA) is 47.6 Å².